The summed E-state index contributed by atoms with van der Waals surface area (Å²) in [5.41, 5.74) is 6.13. The molecule has 2 aromatic rings. The van der Waals surface area contributed by atoms with Crippen molar-refractivity contribution < 1.29 is 14.6 Å². The predicted molar refractivity (Wildman–Crippen MR) is 115 cm³/mol. The molecule has 3 rings (SSSR count). The van der Waals surface area contributed by atoms with E-state index in [1.165, 1.54) is 0 Å². The number of hydrogen-bond acceptors (Lipinski definition) is 4. The number of aliphatic hydroxyl groups is 1. The summed E-state index contributed by atoms with van der Waals surface area (Å²) in [6, 6.07) is 15.7. The lowest BCUT2D eigenvalue weighted by molar-refractivity contribution is -0.118. The molecule has 4 N–H and O–H groups in total. The van der Waals surface area contributed by atoms with Crippen molar-refractivity contribution in [2.24, 2.45) is 11.7 Å². The van der Waals surface area contributed by atoms with E-state index in [2.05, 4.69) is 5.32 Å². The average molecular weight is 397 g/mol. The largest absolute Gasteiger partial charge is 0.457 e. The maximum Gasteiger partial charge on any atom is 0.217 e. The highest BCUT2D eigenvalue weighted by Crippen LogP contribution is 2.43. The third-order valence-electron chi connectivity index (χ3n) is 5.87. The summed E-state index contributed by atoms with van der Waals surface area (Å²) >= 11 is 0. The number of hydrogen-bond donors (Lipinski definition) is 3. The molecule has 156 valence electrons. The standard InChI is InChI=1S/C24H32N2O3/c1-18-9-2-4-12-21(18)29-22-13-5-3-11-20(22)24(28,15-7-6-14-23(25)27)19-10-8-16-26-17-19/h2-5,9,11-13,19,26,28H,6-8,10,14-17H2,1H3,(H2,25,27)/t19-,24+/m1/s1. The number of benzene rings is 2. The van der Waals surface area contributed by atoms with Crippen LogP contribution < -0.4 is 15.8 Å². The molecule has 0 spiro atoms. The van der Waals surface area contributed by atoms with Gasteiger partial charge < -0.3 is 20.9 Å². The number of amides is 1. The Morgan fingerprint density at radius 2 is 1.90 bits per heavy atom. The van der Waals surface area contributed by atoms with Crippen LogP contribution in [0.15, 0.2) is 48.5 Å². The van der Waals surface area contributed by atoms with Crippen molar-refractivity contribution in [3.05, 3.63) is 59.7 Å². The van der Waals surface area contributed by atoms with E-state index in [1.54, 1.807) is 0 Å². The van der Waals surface area contributed by atoms with Crippen molar-refractivity contribution in [1.82, 2.24) is 5.32 Å². The molecule has 0 unspecified atom stereocenters. The first-order valence-corrected chi connectivity index (χ1v) is 10.5. The van der Waals surface area contributed by atoms with Crippen LogP contribution in [0.3, 0.4) is 0 Å². The van der Waals surface area contributed by atoms with Gasteiger partial charge in [0.15, 0.2) is 0 Å². The number of primary amides is 1. The highest BCUT2D eigenvalue weighted by atomic mass is 16.5. The van der Waals surface area contributed by atoms with Crippen molar-refractivity contribution >= 4 is 5.91 Å². The second-order valence-electron chi connectivity index (χ2n) is 8.00. The molecule has 0 radical (unpaired) electrons. The number of aryl methyl sites for hydroxylation is 1. The molecule has 1 fully saturated rings. The predicted octanol–water partition coefficient (Wildman–Crippen LogP) is 4.02. The highest BCUT2D eigenvalue weighted by Gasteiger charge is 2.40. The van der Waals surface area contributed by atoms with Crippen molar-refractivity contribution in [2.75, 3.05) is 13.1 Å². The number of carbonyl (C=O) groups is 1. The van der Waals surface area contributed by atoms with Gasteiger partial charge in [-0.25, -0.2) is 0 Å². The lowest BCUT2D eigenvalue weighted by atomic mass is 9.74. The first-order valence-electron chi connectivity index (χ1n) is 10.5. The smallest absolute Gasteiger partial charge is 0.217 e. The normalized spacial score (nSPS) is 18.8. The van der Waals surface area contributed by atoms with Crippen LogP contribution in [0.4, 0.5) is 0 Å². The maximum absolute atomic E-state index is 12.0. The summed E-state index contributed by atoms with van der Waals surface area (Å²) in [5, 5.41) is 15.4. The summed E-state index contributed by atoms with van der Waals surface area (Å²) < 4.78 is 6.27. The van der Waals surface area contributed by atoms with Gasteiger partial charge >= 0.3 is 0 Å². The lowest BCUT2D eigenvalue weighted by Crippen LogP contribution is -2.44. The van der Waals surface area contributed by atoms with Gasteiger partial charge in [-0.05, 0) is 63.3 Å². The maximum atomic E-state index is 12.0. The number of nitrogens with one attached hydrogen (secondary N) is 1. The number of nitrogens with two attached hydrogens (primary N) is 1. The third kappa shape index (κ3) is 5.37. The van der Waals surface area contributed by atoms with Crippen LogP contribution in [0.5, 0.6) is 11.5 Å². The van der Waals surface area contributed by atoms with E-state index in [0.29, 0.717) is 25.0 Å². The Balaban J connectivity index is 1.90. The molecule has 0 bridgehead atoms. The number of rotatable bonds is 9. The monoisotopic (exact) mass is 396 g/mol. The molecule has 5 heteroatoms. The van der Waals surface area contributed by atoms with Gasteiger partial charge in [0, 0.05) is 24.4 Å². The fraction of sp³-hybridized carbons (Fsp3) is 0.458. The lowest BCUT2D eigenvalue weighted by Gasteiger charge is -2.40. The molecule has 1 aliphatic rings. The Kier molecular flexibility index (Phi) is 7.29. The number of unbranched alkanes of at least 4 members (excludes halogenated alkanes) is 1. The second kappa shape index (κ2) is 9.90. The first kappa shape index (κ1) is 21.3. The average Bonchev–Trinajstić information content (AvgIpc) is 2.73. The van der Waals surface area contributed by atoms with E-state index >= 15 is 0 Å². The zero-order valence-electron chi connectivity index (χ0n) is 17.2. The Morgan fingerprint density at radius 1 is 1.17 bits per heavy atom. The van der Waals surface area contributed by atoms with Crippen LogP contribution in [0.25, 0.3) is 0 Å². The summed E-state index contributed by atoms with van der Waals surface area (Å²) in [4.78, 5) is 11.1. The van der Waals surface area contributed by atoms with Crippen LogP contribution in [-0.2, 0) is 10.4 Å². The highest BCUT2D eigenvalue weighted by molar-refractivity contribution is 5.73. The number of para-hydroxylation sites is 2. The quantitative estimate of drug-likeness (QED) is 0.559. The van der Waals surface area contributed by atoms with E-state index in [1.807, 2.05) is 55.5 Å². The van der Waals surface area contributed by atoms with Crippen LogP contribution in [0, 0.1) is 12.8 Å². The molecular formula is C24H32N2O3. The topological polar surface area (TPSA) is 84.6 Å². The van der Waals surface area contributed by atoms with Crippen LogP contribution in [0.1, 0.15) is 49.7 Å². The Morgan fingerprint density at radius 3 is 2.59 bits per heavy atom. The molecule has 1 saturated heterocycles. The number of carbonyl (C=O) groups excluding carboxylic acids is 1. The molecular weight excluding hydrogens is 364 g/mol. The van der Waals surface area contributed by atoms with Crippen LogP contribution in [-0.4, -0.2) is 24.1 Å². The minimum atomic E-state index is -1.02. The van der Waals surface area contributed by atoms with Crippen molar-refractivity contribution in [3.8, 4) is 11.5 Å². The molecule has 1 heterocycles. The Labute approximate surface area is 173 Å². The minimum Gasteiger partial charge on any atom is -0.457 e. The fourth-order valence-electron chi connectivity index (χ4n) is 4.21. The van der Waals surface area contributed by atoms with Crippen molar-refractivity contribution in [2.45, 2.75) is 51.0 Å². The Hall–Kier alpha value is -2.37. The molecule has 0 aromatic heterocycles. The second-order valence-corrected chi connectivity index (χ2v) is 8.00. The third-order valence-corrected chi connectivity index (χ3v) is 5.87. The summed E-state index contributed by atoms with van der Waals surface area (Å²) in [6.45, 7) is 3.76. The first-order chi connectivity index (χ1) is 14.0. The van der Waals surface area contributed by atoms with Crippen molar-refractivity contribution in [3.63, 3.8) is 0 Å². The summed E-state index contributed by atoms with van der Waals surface area (Å²) in [5.74, 6) is 1.27. The molecule has 29 heavy (non-hydrogen) atoms. The fourth-order valence-corrected chi connectivity index (χ4v) is 4.21. The van der Waals surface area contributed by atoms with Crippen LogP contribution in [0.2, 0.25) is 0 Å². The molecule has 5 nitrogen and oxygen atoms in total. The van der Waals surface area contributed by atoms with E-state index in [-0.39, 0.29) is 11.8 Å². The Bertz CT molecular complexity index is 817. The SMILES string of the molecule is Cc1ccccc1Oc1ccccc1[C@](O)(CCCCC(N)=O)[C@@H]1CCCNC1. The molecule has 2 aromatic carbocycles. The van der Waals surface area contributed by atoms with E-state index < -0.39 is 5.60 Å². The van der Waals surface area contributed by atoms with Crippen molar-refractivity contribution in [1.29, 1.82) is 0 Å². The van der Waals surface area contributed by atoms with E-state index in [0.717, 1.165) is 49.2 Å². The van der Waals surface area contributed by atoms with Gasteiger partial charge in [-0.3, -0.25) is 4.79 Å². The molecule has 1 amide bonds. The minimum absolute atomic E-state index is 0.0893. The van der Waals surface area contributed by atoms with Gasteiger partial charge in [0.1, 0.15) is 11.5 Å². The van der Waals surface area contributed by atoms with Gasteiger partial charge in [-0.2, -0.15) is 0 Å². The molecule has 1 aliphatic heterocycles. The van der Waals surface area contributed by atoms with Gasteiger partial charge in [0.05, 0.1) is 5.60 Å². The zero-order valence-corrected chi connectivity index (χ0v) is 17.2. The van der Waals surface area contributed by atoms with Gasteiger partial charge in [-0.1, -0.05) is 36.4 Å². The van der Waals surface area contributed by atoms with Gasteiger partial charge in [-0.15, -0.1) is 0 Å². The summed E-state index contributed by atoms with van der Waals surface area (Å²) in [6.07, 6.45) is 4.32. The zero-order chi connectivity index (χ0) is 20.7. The molecule has 2 atom stereocenters. The van der Waals surface area contributed by atoms with E-state index in [9.17, 15) is 9.90 Å². The molecule has 0 aliphatic carbocycles. The van der Waals surface area contributed by atoms with E-state index in [4.69, 9.17) is 10.5 Å². The van der Waals surface area contributed by atoms with Gasteiger partial charge in [0.25, 0.3) is 0 Å². The number of piperidine rings is 1. The van der Waals surface area contributed by atoms with Crippen LogP contribution >= 0.6 is 0 Å². The molecule has 0 saturated carbocycles. The number of ether oxygens (including phenoxy) is 1. The van der Waals surface area contributed by atoms with Gasteiger partial charge in [0.2, 0.25) is 5.91 Å². The summed E-state index contributed by atoms with van der Waals surface area (Å²) in [7, 11) is 0.